The molecule has 0 atom stereocenters. The Labute approximate surface area is 165 Å². The van der Waals surface area contributed by atoms with Crippen LogP contribution in [-0.4, -0.2) is 30.7 Å². The maximum absolute atomic E-state index is 12.4. The topological polar surface area (TPSA) is 51.1 Å². The van der Waals surface area contributed by atoms with Crippen molar-refractivity contribution in [1.29, 1.82) is 0 Å². The molecule has 1 N–H and O–H groups in total. The van der Waals surface area contributed by atoms with Crippen molar-refractivity contribution >= 4 is 35.9 Å². The van der Waals surface area contributed by atoms with Crippen LogP contribution >= 0.6 is 0 Å². The van der Waals surface area contributed by atoms with Crippen molar-refractivity contribution in [3.63, 3.8) is 0 Å². The molecule has 2 aromatic carbocycles. The van der Waals surface area contributed by atoms with Crippen molar-refractivity contribution in [2.75, 3.05) is 6.54 Å². The second kappa shape index (κ2) is 8.55. The van der Waals surface area contributed by atoms with Crippen molar-refractivity contribution in [3.05, 3.63) is 76.6 Å². The minimum atomic E-state index is -0.191. The first-order valence-electron chi connectivity index (χ1n) is 9.11. The van der Waals surface area contributed by atoms with Crippen LogP contribution in [0.15, 0.2) is 59.9 Å². The van der Waals surface area contributed by atoms with Crippen molar-refractivity contribution in [2.45, 2.75) is 26.8 Å². The van der Waals surface area contributed by atoms with Gasteiger partial charge < -0.3 is 0 Å². The number of carbonyl (C=O) groups excluding carboxylic acids is 1. The van der Waals surface area contributed by atoms with Gasteiger partial charge in [-0.3, -0.25) is 0 Å². The number of benzene rings is 2. The summed E-state index contributed by atoms with van der Waals surface area (Å²) in [6.07, 6.45) is 1.02. The molecule has 27 heavy (non-hydrogen) atoms. The van der Waals surface area contributed by atoms with Gasteiger partial charge in [-0.1, -0.05) is 13.8 Å². The number of aromatic nitrogens is 1. The predicted molar refractivity (Wildman–Crippen MR) is 112 cm³/mol. The summed E-state index contributed by atoms with van der Waals surface area (Å²) in [6.45, 7) is 9.23. The zero-order valence-corrected chi connectivity index (χ0v) is 17.4. The third kappa shape index (κ3) is 4.68. The number of amides is 1. The van der Waals surface area contributed by atoms with Crippen molar-refractivity contribution < 1.29 is 4.79 Å². The molecule has 0 aliphatic heterocycles. The molecule has 3 rings (SSSR count). The van der Waals surface area contributed by atoms with Gasteiger partial charge in [0.2, 0.25) is 0 Å². The van der Waals surface area contributed by atoms with Crippen LogP contribution < -0.4 is 10.9 Å². The molecule has 0 unspecified atom stereocenters. The number of hydrogen-bond donors (Lipinski definition) is 1. The van der Waals surface area contributed by atoms with Gasteiger partial charge in [0.05, 0.1) is 0 Å². The van der Waals surface area contributed by atoms with Crippen LogP contribution in [-0.2, 0) is 17.8 Å². The maximum atomic E-state index is 12.4. The number of carbonyl (C=O) groups is 1. The molecule has 0 spiro atoms. The van der Waals surface area contributed by atoms with Gasteiger partial charge in [-0.2, -0.15) is 0 Å². The van der Waals surface area contributed by atoms with Gasteiger partial charge in [-0.15, -0.1) is 0 Å². The summed E-state index contributed by atoms with van der Waals surface area (Å²) in [4.78, 5) is 24.7. The first-order chi connectivity index (χ1) is 13.0. The van der Waals surface area contributed by atoms with Crippen molar-refractivity contribution in [3.8, 4) is 0 Å². The van der Waals surface area contributed by atoms with E-state index in [9.17, 15) is 9.59 Å². The molecule has 0 radical (unpaired) electrons. The summed E-state index contributed by atoms with van der Waals surface area (Å²) in [5.74, 6) is 0.409. The van der Waals surface area contributed by atoms with Crippen LogP contribution in [0.5, 0.6) is 0 Å². The van der Waals surface area contributed by atoms with Gasteiger partial charge in [-0.25, -0.2) is 0 Å². The van der Waals surface area contributed by atoms with Gasteiger partial charge in [-0.05, 0) is 0 Å². The summed E-state index contributed by atoms with van der Waals surface area (Å²) in [5.41, 5.74) is 2.59. The van der Waals surface area contributed by atoms with E-state index in [-0.39, 0.29) is 26.2 Å². The minimum absolute atomic E-state index is 0.0122. The molecule has 0 saturated heterocycles. The number of rotatable bonds is 7. The Hall–Kier alpha value is -2.36. The molecule has 1 amide bonds. The average molecular weight is 427 g/mol. The second-order valence-corrected chi connectivity index (χ2v) is 9.25. The Morgan fingerprint density at radius 3 is 2.52 bits per heavy atom. The molecule has 0 fully saturated rings. The normalized spacial score (nSPS) is 11.1. The first-order valence-corrected chi connectivity index (χ1v) is 10.7. The number of fused-ring (bicyclic) bond motifs is 1. The van der Waals surface area contributed by atoms with Crippen LogP contribution in [0.3, 0.4) is 0 Å². The molecule has 5 heteroatoms. The van der Waals surface area contributed by atoms with Crippen molar-refractivity contribution in [2.24, 2.45) is 5.92 Å². The summed E-state index contributed by atoms with van der Waals surface area (Å²) < 4.78 is 2.92. The van der Waals surface area contributed by atoms with E-state index in [0.717, 1.165) is 21.6 Å². The fourth-order valence-corrected chi connectivity index (χ4v) is 5.07. The van der Waals surface area contributed by atoms with E-state index < -0.39 is 0 Å². The fourth-order valence-electron chi connectivity index (χ4n) is 2.99. The Morgan fingerprint density at radius 1 is 1.15 bits per heavy atom. The monoisotopic (exact) mass is 428 g/mol. The summed E-state index contributed by atoms with van der Waals surface area (Å²) in [6, 6.07) is 15.7. The second-order valence-electron chi connectivity index (χ2n) is 7.02. The molecule has 1 aromatic heterocycles. The van der Waals surface area contributed by atoms with Crippen LogP contribution in [0.1, 0.15) is 25.0 Å². The van der Waals surface area contributed by atoms with E-state index in [0.29, 0.717) is 24.6 Å². The Balaban J connectivity index is 1.57. The van der Waals surface area contributed by atoms with E-state index in [1.165, 1.54) is 5.56 Å². The zero-order chi connectivity index (χ0) is 19.4. The van der Waals surface area contributed by atoms with Crippen LogP contribution in [0.4, 0.5) is 0 Å². The molecular formula is C22H24N2O2Se. The van der Waals surface area contributed by atoms with Crippen LogP contribution in [0, 0.1) is 5.92 Å². The molecule has 0 aliphatic carbocycles. The molecule has 140 valence electrons. The van der Waals surface area contributed by atoms with Gasteiger partial charge in [0, 0.05) is 0 Å². The number of nitrogens with zero attached hydrogens (tertiary/aromatic N) is 1. The third-order valence-corrected chi connectivity index (χ3v) is 6.73. The van der Waals surface area contributed by atoms with E-state index in [2.05, 4.69) is 37.9 Å². The average Bonchev–Trinajstić information content (AvgIpc) is 2.97. The van der Waals surface area contributed by atoms with E-state index in [1.54, 1.807) is 0 Å². The molecule has 3 aromatic rings. The van der Waals surface area contributed by atoms with Gasteiger partial charge >= 0.3 is 152 Å². The van der Waals surface area contributed by atoms with Crippen LogP contribution in [0.25, 0.3) is 15.2 Å². The van der Waals surface area contributed by atoms with Crippen LogP contribution in [0.2, 0.25) is 0 Å². The van der Waals surface area contributed by atoms with E-state index in [1.807, 2.05) is 40.0 Å². The molecule has 0 bridgehead atoms. The molecule has 0 saturated carbocycles. The predicted octanol–water partition coefficient (Wildman–Crippen LogP) is 3.09. The van der Waals surface area contributed by atoms with Crippen molar-refractivity contribution in [1.82, 2.24) is 8.88 Å². The molecule has 0 aliphatic rings. The van der Waals surface area contributed by atoms with Gasteiger partial charge in [0.1, 0.15) is 0 Å². The Kier molecular flexibility index (Phi) is 6.15. The standard InChI is InChI=1S/C22H24N2O2Se/c1-15(2)14-17-8-10-18(11-9-17)16(3)21(25)23-12-13-24-22(26)19-6-4-5-7-20(19)27-24/h4-11,15H,3,12-14H2,1-2H3,(H,23,25). The van der Waals surface area contributed by atoms with Gasteiger partial charge in [0.25, 0.3) is 0 Å². The molecular weight excluding hydrogens is 403 g/mol. The molecule has 4 nitrogen and oxygen atoms in total. The number of nitrogens with one attached hydrogen (secondary N) is 1. The van der Waals surface area contributed by atoms with Gasteiger partial charge in [0.15, 0.2) is 0 Å². The summed E-state index contributed by atoms with van der Waals surface area (Å²) in [5, 5.41) is 3.67. The third-order valence-electron chi connectivity index (χ3n) is 4.37. The summed E-state index contributed by atoms with van der Waals surface area (Å²) in [7, 11) is 0. The quantitative estimate of drug-likeness (QED) is 0.466. The Morgan fingerprint density at radius 2 is 1.85 bits per heavy atom. The SMILES string of the molecule is C=C(C(=O)NCCn1[se]c2ccccc2c1=O)c1ccc(CC(C)C)cc1. The zero-order valence-electron chi connectivity index (χ0n) is 15.7. The first kappa shape index (κ1) is 19.4. The molecule has 1 heterocycles. The number of hydrogen-bond acceptors (Lipinski definition) is 2. The van der Waals surface area contributed by atoms with E-state index in [4.69, 9.17) is 0 Å². The van der Waals surface area contributed by atoms with E-state index >= 15 is 0 Å². The fraction of sp³-hybridized carbons (Fsp3) is 0.273. The summed E-state index contributed by atoms with van der Waals surface area (Å²) >= 11 is -0.0122. The Bertz CT molecular complexity index is 1010.